The highest BCUT2D eigenvalue weighted by Crippen LogP contribution is 2.45. The van der Waals surface area contributed by atoms with Gasteiger partial charge in [0.15, 0.2) is 0 Å². The van der Waals surface area contributed by atoms with Gasteiger partial charge in [-0.2, -0.15) is 0 Å². The second kappa shape index (κ2) is 9.85. The van der Waals surface area contributed by atoms with Gasteiger partial charge in [-0.15, -0.1) is 0 Å². The maximum atomic E-state index is 10.4. The van der Waals surface area contributed by atoms with Crippen molar-refractivity contribution in [3.8, 4) is 5.75 Å². The molecule has 150 valence electrons. The number of carbonyl (C=O) groups excluding carboxylic acids is 1. The van der Waals surface area contributed by atoms with E-state index in [9.17, 15) is 4.79 Å². The summed E-state index contributed by atoms with van der Waals surface area (Å²) in [6.07, 6.45) is 4.33. The first-order valence-corrected chi connectivity index (χ1v) is 10.1. The molecule has 0 aromatic heterocycles. The topological polar surface area (TPSA) is 38.8 Å². The van der Waals surface area contributed by atoms with E-state index in [0.717, 1.165) is 44.4 Å². The minimum Gasteiger partial charge on any atom is -0.496 e. The third kappa shape index (κ3) is 4.62. The number of aldehydes is 1. The molecular weight excluding hydrogens is 350 g/mol. The minimum absolute atomic E-state index is 0.0342. The van der Waals surface area contributed by atoms with E-state index < -0.39 is 0 Å². The summed E-state index contributed by atoms with van der Waals surface area (Å²) in [5.74, 6) is 0.957. The average molecular weight is 382 g/mol. The molecule has 1 saturated heterocycles. The maximum absolute atomic E-state index is 10.4. The van der Waals surface area contributed by atoms with E-state index in [1.165, 1.54) is 16.7 Å². The van der Waals surface area contributed by atoms with Crippen molar-refractivity contribution in [3.63, 3.8) is 0 Å². The number of ether oxygens (including phenoxy) is 2. The molecule has 0 aliphatic carbocycles. The van der Waals surface area contributed by atoms with E-state index in [0.29, 0.717) is 19.6 Å². The molecule has 0 amide bonds. The molecule has 3 rings (SSSR count). The molecule has 0 saturated carbocycles. The van der Waals surface area contributed by atoms with E-state index in [-0.39, 0.29) is 5.41 Å². The van der Waals surface area contributed by atoms with Crippen LogP contribution in [0.2, 0.25) is 0 Å². The van der Waals surface area contributed by atoms with Gasteiger partial charge >= 0.3 is 0 Å². The molecule has 0 atom stereocenters. The lowest BCUT2D eigenvalue weighted by Gasteiger charge is -2.42. The molecule has 0 spiro atoms. The first-order chi connectivity index (χ1) is 13.7. The van der Waals surface area contributed by atoms with Gasteiger partial charge in [0.25, 0.3) is 0 Å². The van der Waals surface area contributed by atoms with Crippen molar-refractivity contribution in [2.75, 3.05) is 40.5 Å². The summed E-state index contributed by atoms with van der Waals surface area (Å²) in [5.41, 5.74) is 3.85. The molecule has 0 unspecified atom stereocenters. The molecule has 1 aliphatic rings. The summed E-state index contributed by atoms with van der Waals surface area (Å²) in [7, 11) is 3.95. The van der Waals surface area contributed by atoms with Gasteiger partial charge in [-0.1, -0.05) is 42.5 Å². The molecule has 0 N–H and O–H groups in total. The fourth-order valence-corrected chi connectivity index (χ4v) is 4.18. The number of hydrogen-bond acceptors (Lipinski definition) is 4. The van der Waals surface area contributed by atoms with Crippen LogP contribution >= 0.6 is 0 Å². The molecular formula is C24H31NO3. The van der Waals surface area contributed by atoms with E-state index in [4.69, 9.17) is 9.47 Å². The molecule has 2 aromatic carbocycles. The monoisotopic (exact) mass is 381 g/mol. The molecule has 2 aromatic rings. The van der Waals surface area contributed by atoms with Crippen LogP contribution in [0.4, 0.5) is 0 Å². The van der Waals surface area contributed by atoms with Crippen molar-refractivity contribution in [1.29, 1.82) is 0 Å². The van der Waals surface area contributed by atoms with Crippen LogP contribution in [0.3, 0.4) is 0 Å². The Morgan fingerprint density at radius 3 is 2.50 bits per heavy atom. The van der Waals surface area contributed by atoms with E-state index in [1.54, 1.807) is 7.11 Å². The summed E-state index contributed by atoms with van der Waals surface area (Å²) < 4.78 is 11.4. The van der Waals surface area contributed by atoms with E-state index in [1.807, 2.05) is 0 Å². The summed E-state index contributed by atoms with van der Waals surface area (Å²) in [6.45, 7) is 3.25. The van der Waals surface area contributed by atoms with Crippen LogP contribution in [0.1, 0.15) is 36.0 Å². The van der Waals surface area contributed by atoms with Gasteiger partial charge in [-0.3, -0.25) is 0 Å². The number of likely N-dealkylation sites (tertiary alicyclic amines) is 1. The fourth-order valence-electron chi connectivity index (χ4n) is 4.18. The van der Waals surface area contributed by atoms with Crippen LogP contribution in [0, 0.1) is 0 Å². The molecule has 1 heterocycles. The van der Waals surface area contributed by atoms with Gasteiger partial charge in [0.2, 0.25) is 0 Å². The third-order valence-electron chi connectivity index (χ3n) is 5.86. The smallest absolute Gasteiger partial charge is 0.122 e. The predicted octanol–water partition coefficient (Wildman–Crippen LogP) is 3.86. The first kappa shape index (κ1) is 20.6. The number of benzene rings is 2. The van der Waals surface area contributed by atoms with Crippen molar-refractivity contribution in [2.24, 2.45) is 0 Å². The Morgan fingerprint density at radius 2 is 1.82 bits per heavy atom. The van der Waals surface area contributed by atoms with Crippen LogP contribution in [-0.4, -0.2) is 51.6 Å². The molecule has 0 radical (unpaired) electrons. The number of piperidine rings is 1. The Morgan fingerprint density at radius 1 is 1.07 bits per heavy atom. The van der Waals surface area contributed by atoms with Gasteiger partial charge in [-0.25, -0.2) is 0 Å². The fraction of sp³-hybridized carbons (Fsp3) is 0.458. The Hall–Kier alpha value is -2.17. The highest BCUT2D eigenvalue weighted by Gasteiger charge is 2.39. The lowest BCUT2D eigenvalue weighted by atomic mass is 9.67. The SMILES string of the molecule is COc1ccc(CCOCCC=O)cc1C1(c2ccccc2)CCN(C)CC1. The largest absolute Gasteiger partial charge is 0.496 e. The summed E-state index contributed by atoms with van der Waals surface area (Å²) in [5, 5.41) is 0. The van der Waals surface area contributed by atoms with Crippen molar-refractivity contribution >= 4 is 6.29 Å². The maximum Gasteiger partial charge on any atom is 0.122 e. The summed E-state index contributed by atoms with van der Waals surface area (Å²) in [6, 6.07) is 17.4. The second-order valence-electron chi connectivity index (χ2n) is 7.60. The molecule has 4 heteroatoms. The third-order valence-corrected chi connectivity index (χ3v) is 5.86. The summed E-state index contributed by atoms with van der Waals surface area (Å²) in [4.78, 5) is 12.8. The Bertz CT molecular complexity index is 752. The number of hydrogen-bond donors (Lipinski definition) is 0. The lowest BCUT2D eigenvalue weighted by molar-refractivity contribution is -0.108. The molecule has 28 heavy (non-hydrogen) atoms. The Labute approximate surface area is 168 Å². The number of rotatable bonds is 9. The Balaban J connectivity index is 1.92. The predicted molar refractivity (Wildman–Crippen MR) is 112 cm³/mol. The van der Waals surface area contributed by atoms with Gasteiger partial charge < -0.3 is 19.2 Å². The van der Waals surface area contributed by atoms with Crippen LogP contribution in [-0.2, 0) is 21.4 Å². The zero-order valence-electron chi connectivity index (χ0n) is 17.0. The number of methoxy groups -OCH3 is 1. The highest BCUT2D eigenvalue weighted by atomic mass is 16.5. The number of carbonyl (C=O) groups is 1. The molecule has 1 fully saturated rings. The average Bonchev–Trinajstić information content (AvgIpc) is 2.75. The van der Waals surface area contributed by atoms with Gasteiger partial charge in [0.05, 0.1) is 20.3 Å². The quantitative estimate of drug-likeness (QED) is 0.488. The van der Waals surface area contributed by atoms with E-state index in [2.05, 4.69) is 60.5 Å². The first-order valence-electron chi connectivity index (χ1n) is 10.1. The Kier molecular flexibility index (Phi) is 7.24. The zero-order chi connectivity index (χ0) is 19.8. The van der Waals surface area contributed by atoms with Crippen molar-refractivity contribution in [3.05, 3.63) is 65.2 Å². The second-order valence-corrected chi connectivity index (χ2v) is 7.60. The molecule has 0 bridgehead atoms. The highest BCUT2D eigenvalue weighted by molar-refractivity contribution is 5.50. The van der Waals surface area contributed by atoms with Gasteiger partial charge in [-0.05, 0) is 56.6 Å². The van der Waals surface area contributed by atoms with Crippen molar-refractivity contribution < 1.29 is 14.3 Å². The van der Waals surface area contributed by atoms with Gasteiger partial charge in [0, 0.05) is 17.4 Å². The van der Waals surface area contributed by atoms with Crippen molar-refractivity contribution in [1.82, 2.24) is 4.90 Å². The lowest BCUT2D eigenvalue weighted by Crippen LogP contribution is -2.41. The summed E-state index contributed by atoms with van der Waals surface area (Å²) >= 11 is 0. The van der Waals surface area contributed by atoms with Crippen LogP contribution < -0.4 is 4.74 Å². The van der Waals surface area contributed by atoms with Gasteiger partial charge in [0.1, 0.15) is 12.0 Å². The van der Waals surface area contributed by atoms with Crippen LogP contribution in [0.25, 0.3) is 0 Å². The zero-order valence-corrected chi connectivity index (χ0v) is 17.0. The van der Waals surface area contributed by atoms with Crippen molar-refractivity contribution in [2.45, 2.75) is 31.1 Å². The normalized spacial score (nSPS) is 16.6. The van der Waals surface area contributed by atoms with E-state index >= 15 is 0 Å². The van der Waals surface area contributed by atoms with Crippen LogP contribution in [0.5, 0.6) is 5.75 Å². The standard InChI is InChI=1S/C24H31NO3/c1-25-14-12-24(13-15-25,21-7-4-3-5-8-21)22-19-20(9-10-23(22)27-2)11-18-28-17-6-16-26/h3-5,7-10,16,19H,6,11-15,17-18H2,1-2H3. The molecule has 4 nitrogen and oxygen atoms in total. The van der Waals surface area contributed by atoms with Crippen LogP contribution in [0.15, 0.2) is 48.5 Å². The minimum atomic E-state index is -0.0342. The molecule has 1 aliphatic heterocycles. The number of nitrogens with zero attached hydrogens (tertiary/aromatic N) is 1.